The Labute approximate surface area is 127 Å². The lowest BCUT2D eigenvalue weighted by Crippen LogP contribution is -2.15. The highest BCUT2D eigenvalue weighted by Gasteiger charge is 2.21. The Bertz CT molecular complexity index is 704. The van der Waals surface area contributed by atoms with Crippen molar-refractivity contribution in [3.8, 4) is 6.07 Å². The Morgan fingerprint density at radius 3 is 1.90 bits per heavy atom. The van der Waals surface area contributed by atoms with E-state index in [9.17, 15) is 5.26 Å². The Hall–Kier alpha value is -2.07. The van der Waals surface area contributed by atoms with Crippen molar-refractivity contribution in [2.24, 2.45) is 0 Å². The summed E-state index contributed by atoms with van der Waals surface area (Å²) in [7, 11) is 0. The fourth-order valence-corrected chi connectivity index (χ4v) is 3.14. The molecule has 2 aromatic rings. The third-order valence-corrected chi connectivity index (χ3v) is 4.65. The monoisotopic (exact) mass is 275 g/mol. The predicted octanol–water partition coefficient (Wildman–Crippen LogP) is 4.37. The van der Waals surface area contributed by atoms with E-state index in [1.54, 1.807) is 0 Å². The smallest absolute Gasteiger partial charge is 0.0766 e. The number of benzene rings is 2. The average molecular weight is 275 g/mol. The van der Waals surface area contributed by atoms with Crippen LogP contribution in [-0.4, -0.2) is 0 Å². The summed E-state index contributed by atoms with van der Waals surface area (Å²) in [5, 5.41) is 9.33. The van der Waals surface area contributed by atoms with Crippen molar-refractivity contribution in [1.29, 1.82) is 5.26 Å². The van der Waals surface area contributed by atoms with Crippen LogP contribution in [-0.2, 0) is 31.1 Å². The van der Waals surface area contributed by atoms with Crippen molar-refractivity contribution in [2.45, 2.75) is 44.9 Å². The molecule has 0 saturated carbocycles. The van der Waals surface area contributed by atoms with Gasteiger partial charge in [-0.2, -0.15) is 5.26 Å². The minimum absolute atomic E-state index is 0.407. The lowest BCUT2D eigenvalue weighted by Gasteiger charge is -2.21. The van der Waals surface area contributed by atoms with Crippen LogP contribution in [0.25, 0.3) is 0 Å². The Kier molecular flexibility index (Phi) is 3.55. The van der Waals surface area contributed by atoms with Gasteiger partial charge in [0.1, 0.15) is 0 Å². The maximum absolute atomic E-state index is 9.33. The quantitative estimate of drug-likeness (QED) is 0.758. The molecule has 0 bridgehead atoms. The number of aryl methyl sites for hydroxylation is 4. The zero-order valence-electron chi connectivity index (χ0n) is 12.8. The molecule has 106 valence electrons. The highest BCUT2D eigenvalue weighted by molar-refractivity contribution is 5.41. The SMILES string of the molecule is CC(C)(C#N)c1ccc2c(c1)CCc1ccccc1CC2. The van der Waals surface area contributed by atoms with Gasteiger partial charge in [0.25, 0.3) is 0 Å². The molecule has 2 aromatic carbocycles. The molecule has 0 N–H and O–H groups in total. The molecule has 1 nitrogen and oxygen atoms in total. The topological polar surface area (TPSA) is 23.8 Å². The summed E-state index contributed by atoms with van der Waals surface area (Å²) in [4.78, 5) is 0. The van der Waals surface area contributed by atoms with E-state index in [1.807, 2.05) is 13.8 Å². The molecule has 21 heavy (non-hydrogen) atoms. The maximum Gasteiger partial charge on any atom is 0.0766 e. The molecule has 0 unspecified atom stereocenters. The van der Waals surface area contributed by atoms with Gasteiger partial charge in [-0.25, -0.2) is 0 Å². The molecule has 1 aliphatic carbocycles. The Balaban J connectivity index is 1.95. The van der Waals surface area contributed by atoms with E-state index in [0.29, 0.717) is 0 Å². The van der Waals surface area contributed by atoms with Crippen LogP contribution < -0.4 is 0 Å². The van der Waals surface area contributed by atoms with E-state index in [1.165, 1.54) is 22.3 Å². The van der Waals surface area contributed by atoms with Crippen LogP contribution in [0.4, 0.5) is 0 Å². The molecule has 0 atom stereocenters. The van der Waals surface area contributed by atoms with Gasteiger partial charge in [-0.1, -0.05) is 42.5 Å². The fraction of sp³-hybridized carbons (Fsp3) is 0.350. The summed E-state index contributed by atoms with van der Waals surface area (Å²) in [5.41, 5.74) is 6.57. The van der Waals surface area contributed by atoms with Crippen LogP contribution in [0.3, 0.4) is 0 Å². The van der Waals surface area contributed by atoms with Crippen LogP contribution in [0.5, 0.6) is 0 Å². The first-order chi connectivity index (χ1) is 10.1. The van der Waals surface area contributed by atoms with Crippen molar-refractivity contribution in [1.82, 2.24) is 0 Å². The van der Waals surface area contributed by atoms with Gasteiger partial charge >= 0.3 is 0 Å². The fourth-order valence-electron chi connectivity index (χ4n) is 3.14. The summed E-state index contributed by atoms with van der Waals surface area (Å²) >= 11 is 0. The van der Waals surface area contributed by atoms with Gasteiger partial charge in [0.2, 0.25) is 0 Å². The predicted molar refractivity (Wildman–Crippen MR) is 86.3 cm³/mol. The lowest BCUT2D eigenvalue weighted by atomic mass is 9.82. The molecule has 1 aliphatic rings. The molecule has 0 aliphatic heterocycles. The summed E-state index contributed by atoms with van der Waals surface area (Å²) in [6, 6.07) is 17.8. The number of hydrogen-bond acceptors (Lipinski definition) is 1. The second kappa shape index (κ2) is 5.37. The number of nitriles is 1. The molecule has 0 aromatic heterocycles. The van der Waals surface area contributed by atoms with E-state index in [-0.39, 0.29) is 0 Å². The van der Waals surface area contributed by atoms with Gasteiger partial charge in [0, 0.05) is 0 Å². The normalized spacial score (nSPS) is 14.3. The average Bonchev–Trinajstić information content (AvgIpc) is 2.49. The van der Waals surface area contributed by atoms with Crippen LogP contribution >= 0.6 is 0 Å². The molecular formula is C20H21N. The zero-order chi connectivity index (χ0) is 14.9. The summed E-state index contributed by atoms with van der Waals surface area (Å²) < 4.78 is 0. The molecule has 0 saturated heterocycles. The van der Waals surface area contributed by atoms with Gasteiger partial charge in [-0.05, 0) is 67.3 Å². The molecule has 0 heterocycles. The zero-order valence-corrected chi connectivity index (χ0v) is 12.8. The minimum Gasteiger partial charge on any atom is -0.197 e. The molecule has 0 fully saturated rings. The molecule has 0 radical (unpaired) electrons. The lowest BCUT2D eigenvalue weighted by molar-refractivity contribution is 0.683. The highest BCUT2D eigenvalue weighted by Crippen LogP contribution is 2.28. The van der Waals surface area contributed by atoms with Crippen molar-refractivity contribution in [3.63, 3.8) is 0 Å². The van der Waals surface area contributed by atoms with Crippen molar-refractivity contribution >= 4 is 0 Å². The van der Waals surface area contributed by atoms with Crippen LogP contribution in [0, 0.1) is 11.3 Å². The minimum atomic E-state index is -0.407. The highest BCUT2D eigenvalue weighted by atomic mass is 14.3. The van der Waals surface area contributed by atoms with Gasteiger partial charge in [0.05, 0.1) is 11.5 Å². The Morgan fingerprint density at radius 2 is 1.33 bits per heavy atom. The first-order valence-corrected chi connectivity index (χ1v) is 7.70. The maximum atomic E-state index is 9.33. The van der Waals surface area contributed by atoms with Crippen molar-refractivity contribution < 1.29 is 0 Å². The first-order valence-electron chi connectivity index (χ1n) is 7.70. The van der Waals surface area contributed by atoms with E-state index in [2.05, 4.69) is 48.5 Å². The molecular weight excluding hydrogens is 254 g/mol. The largest absolute Gasteiger partial charge is 0.197 e. The summed E-state index contributed by atoms with van der Waals surface area (Å²) in [6.07, 6.45) is 4.38. The standard InChI is InChI=1S/C20H21N/c1-20(2,14-21)19-12-11-17-8-7-15-5-3-4-6-16(15)9-10-18(17)13-19/h3-6,11-13H,7-10H2,1-2H3. The van der Waals surface area contributed by atoms with Crippen LogP contribution in [0.2, 0.25) is 0 Å². The van der Waals surface area contributed by atoms with E-state index < -0.39 is 5.41 Å². The second-order valence-electron chi connectivity index (χ2n) is 6.49. The third-order valence-electron chi connectivity index (χ3n) is 4.65. The van der Waals surface area contributed by atoms with Gasteiger partial charge in [-0.3, -0.25) is 0 Å². The number of hydrogen-bond donors (Lipinski definition) is 0. The second-order valence-corrected chi connectivity index (χ2v) is 6.49. The van der Waals surface area contributed by atoms with E-state index in [0.717, 1.165) is 31.2 Å². The first kappa shape index (κ1) is 13.9. The molecule has 0 amide bonds. The number of nitrogens with zero attached hydrogens (tertiary/aromatic N) is 1. The van der Waals surface area contributed by atoms with E-state index >= 15 is 0 Å². The van der Waals surface area contributed by atoms with Gasteiger partial charge in [-0.15, -0.1) is 0 Å². The Morgan fingerprint density at radius 1 is 0.810 bits per heavy atom. The van der Waals surface area contributed by atoms with Crippen LogP contribution in [0.15, 0.2) is 42.5 Å². The summed E-state index contributed by atoms with van der Waals surface area (Å²) in [5.74, 6) is 0. The third kappa shape index (κ3) is 2.72. The number of rotatable bonds is 1. The van der Waals surface area contributed by atoms with Crippen molar-refractivity contribution in [2.75, 3.05) is 0 Å². The molecule has 1 heteroatoms. The van der Waals surface area contributed by atoms with E-state index in [4.69, 9.17) is 0 Å². The van der Waals surface area contributed by atoms with Crippen molar-refractivity contribution in [3.05, 3.63) is 70.3 Å². The summed E-state index contributed by atoms with van der Waals surface area (Å²) in [6.45, 7) is 3.99. The molecule has 3 rings (SSSR count). The van der Waals surface area contributed by atoms with Gasteiger partial charge < -0.3 is 0 Å². The number of fused-ring (bicyclic) bond motifs is 2. The molecule has 0 spiro atoms. The van der Waals surface area contributed by atoms with Crippen LogP contribution in [0.1, 0.15) is 41.7 Å². The van der Waals surface area contributed by atoms with Gasteiger partial charge in [0.15, 0.2) is 0 Å².